The topological polar surface area (TPSA) is 119 Å². The molecule has 6 atom stereocenters. The molecule has 0 bridgehead atoms. The number of ether oxygens (including phenoxy) is 1. The summed E-state index contributed by atoms with van der Waals surface area (Å²) in [5.41, 5.74) is 0. The van der Waals surface area contributed by atoms with Crippen molar-refractivity contribution in [2.45, 2.75) is 76.8 Å². The van der Waals surface area contributed by atoms with Gasteiger partial charge in [-0.1, -0.05) is 33.1 Å². The van der Waals surface area contributed by atoms with Gasteiger partial charge in [0.2, 0.25) is 5.91 Å². The van der Waals surface area contributed by atoms with Gasteiger partial charge in [-0.3, -0.25) is 4.79 Å². The maximum Gasteiger partial charge on any atom is 0.225 e. The molecule has 148 valence electrons. The van der Waals surface area contributed by atoms with E-state index in [9.17, 15) is 20.1 Å². The van der Waals surface area contributed by atoms with Crippen molar-refractivity contribution in [3.63, 3.8) is 0 Å². The number of hydrogen-bond donors (Lipinski definition) is 5. The van der Waals surface area contributed by atoms with Gasteiger partial charge in [0.1, 0.15) is 6.10 Å². The van der Waals surface area contributed by atoms with Crippen molar-refractivity contribution in [1.82, 2.24) is 5.32 Å². The Labute approximate surface area is 150 Å². The molecular weight excluding hydrogens is 326 g/mol. The Morgan fingerprint density at radius 1 is 1.12 bits per heavy atom. The van der Waals surface area contributed by atoms with Crippen molar-refractivity contribution >= 4 is 5.91 Å². The van der Waals surface area contributed by atoms with Crippen LogP contribution in [-0.4, -0.2) is 70.5 Å². The molecule has 1 fully saturated rings. The maximum atomic E-state index is 12.6. The van der Waals surface area contributed by atoms with E-state index in [1.807, 2.05) is 0 Å². The molecule has 0 aromatic carbocycles. The van der Waals surface area contributed by atoms with E-state index in [1.165, 1.54) is 0 Å². The Balaban J connectivity index is 2.73. The van der Waals surface area contributed by atoms with E-state index in [0.29, 0.717) is 19.4 Å². The standard InChI is InChI=1S/C18H35NO6/c1-3-4-5-6-9-19-18(24)13(8-7-10-20)17-16(23)15(22)12(2)14(11-21)25-17/h12-17,20-23H,3-11H2,1-2H3,(H,19,24)/t12-,13?,14-,15+,16-,17?/m1/s1. The van der Waals surface area contributed by atoms with Crippen LogP contribution in [0.1, 0.15) is 52.4 Å². The Morgan fingerprint density at radius 2 is 1.84 bits per heavy atom. The maximum absolute atomic E-state index is 12.6. The molecule has 25 heavy (non-hydrogen) atoms. The van der Waals surface area contributed by atoms with Crippen LogP contribution >= 0.6 is 0 Å². The second-order valence-corrected chi connectivity index (χ2v) is 6.99. The van der Waals surface area contributed by atoms with Gasteiger partial charge in [0.05, 0.1) is 30.8 Å². The predicted molar refractivity (Wildman–Crippen MR) is 93.9 cm³/mol. The average Bonchev–Trinajstić information content (AvgIpc) is 2.61. The summed E-state index contributed by atoms with van der Waals surface area (Å²) in [7, 11) is 0. The molecule has 0 saturated carbocycles. The molecule has 1 heterocycles. The van der Waals surface area contributed by atoms with Gasteiger partial charge < -0.3 is 30.5 Å². The summed E-state index contributed by atoms with van der Waals surface area (Å²) in [6.07, 6.45) is 1.13. The lowest BCUT2D eigenvalue weighted by molar-refractivity contribution is -0.219. The van der Waals surface area contributed by atoms with Gasteiger partial charge in [-0.2, -0.15) is 0 Å². The van der Waals surface area contributed by atoms with Gasteiger partial charge in [0.25, 0.3) is 0 Å². The molecule has 1 amide bonds. The van der Waals surface area contributed by atoms with Crippen molar-refractivity contribution in [1.29, 1.82) is 0 Å². The second-order valence-electron chi connectivity index (χ2n) is 6.99. The largest absolute Gasteiger partial charge is 0.396 e. The Kier molecular flexibility index (Phi) is 10.5. The van der Waals surface area contributed by atoms with Crippen LogP contribution in [-0.2, 0) is 9.53 Å². The summed E-state index contributed by atoms with van der Waals surface area (Å²) in [4.78, 5) is 12.6. The van der Waals surface area contributed by atoms with Gasteiger partial charge >= 0.3 is 0 Å². The quantitative estimate of drug-likeness (QED) is 0.335. The Morgan fingerprint density at radius 3 is 2.44 bits per heavy atom. The van der Waals surface area contributed by atoms with Crippen molar-refractivity contribution in [3.05, 3.63) is 0 Å². The smallest absolute Gasteiger partial charge is 0.225 e. The first kappa shape index (κ1) is 22.3. The van der Waals surface area contributed by atoms with E-state index in [2.05, 4.69) is 12.2 Å². The summed E-state index contributed by atoms with van der Waals surface area (Å²) >= 11 is 0. The minimum absolute atomic E-state index is 0.0640. The van der Waals surface area contributed by atoms with Crippen LogP contribution in [0.2, 0.25) is 0 Å². The summed E-state index contributed by atoms with van der Waals surface area (Å²) in [5, 5.41) is 42.0. The normalized spacial score (nSPS) is 30.9. The molecule has 7 heteroatoms. The highest BCUT2D eigenvalue weighted by molar-refractivity contribution is 5.79. The van der Waals surface area contributed by atoms with Crippen molar-refractivity contribution in [2.24, 2.45) is 11.8 Å². The van der Waals surface area contributed by atoms with E-state index in [0.717, 1.165) is 25.7 Å². The number of carbonyl (C=O) groups is 1. The summed E-state index contributed by atoms with van der Waals surface area (Å²) < 4.78 is 5.75. The van der Waals surface area contributed by atoms with E-state index in [-0.39, 0.29) is 19.1 Å². The third-order valence-electron chi connectivity index (χ3n) is 5.06. The highest BCUT2D eigenvalue weighted by Gasteiger charge is 2.46. The summed E-state index contributed by atoms with van der Waals surface area (Å²) in [6, 6.07) is 0. The molecular formula is C18H35NO6. The Hall–Kier alpha value is -0.730. The van der Waals surface area contributed by atoms with E-state index in [1.54, 1.807) is 6.92 Å². The van der Waals surface area contributed by atoms with Gasteiger partial charge in [-0.05, 0) is 19.3 Å². The monoisotopic (exact) mass is 361 g/mol. The number of carbonyl (C=O) groups excluding carboxylic acids is 1. The zero-order valence-electron chi connectivity index (χ0n) is 15.4. The minimum atomic E-state index is -1.20. The lowest BCUT2D eigenvalue weighted by atomic mass is 9.82. The van der Waals surface area contributed by atoms with Crippen LogP contribution in [0.25, 0.3) is 0 Å². The van der Waals surface area contributed by atoms with E-state index in [4.69, 9.17) is 9.84 Å². The highest BCUT2D eigenvalue weighted by atomic mass is 16.5. The molecule has 1 aliphatic rings. The third kappa shape index (κ3) is 6.49. The number of rotatable bonds is 11. The van der Waals surface area contributed by atoms with Crippen LogP contribution in [0.3, 0.4) is 0 Å². The van der Waals surface area contributed by atoms with Crippen molar-refractivity contribution in [3.8, 4) is 0 Å². The number of unbranched alkanes of at least 4 members (excludes halogenated alkanes) is 3. The first-order valence-electron chi connectivity index (χ1n) is 9.48. The lowest BCUT2D eigenvalue weighted by Gasteiger charge is -2.43. The molecule has 0 aliphatic carbocycles. The number of aliphatic hydroxyl groups is 4. The van der Waals surface area contributed by atoms with Crippen molar-refractivity contribution < 1.29 is 30.0 Å². The molecule has 0 radical (unpaired) electrons. The van der Waals surface area contributed by atoms with Crippen LogP contribution in [0.4, 0.5) is 0 Å². The minimum Gasteiger partial charge on any atom is -0.396 e. The van der Waals surface area contributed by atoms with Gasteiger partial charge in [-0.25, -0.2) is 0 Å². The third-order valence-corrected chi connectivity index (χ3v) is 5.06. The molecule has 1 saturated heterocycles. The zero-order valence-corrected chi connectivity index (χ0v) is 15.4. The molecule has 1 aliphatic heterocycles. The number of aliphatic hydroxyl groups excluding tert-OH is 4. The van der Waals surface area contributed by atoms with Crippen LogP contribution in [0.15, 0.2) is 0 Å². The molecule has 0 aromatic rings. The first-order valence-corrected chi connectivity index (χ1v) is 9.48. The van der Waals surface area contributed by atoms with Crippen LogP contribution in [0.5, 0.6) is 0 Å². The number of nitrogens with one attached hydrogen (secondary N) is 1. The van der Waals surface area contributed by atoms with E-state index < -0.39 is 36.3 Å². The van der Waals surface area contributed by atoms with Gasteiger partial charge in [0, 0.05) is 19.1 Å². The average molecular weight is 361 g/mol. The molecule has 7 nitrogen and oxygen atoms in total. The lowest BCUT2D eigenvalue weighted by Crippen LogP contribution is -2.58. The fourth-order valence-electron chi connectivity index (χ4n) is 3.32. The molecule has 2 unspecified atom stereocenters. The molecule has 5 N–H and O–H groups in total. The Bertz CT molecular complexity index is 379. The number of hydrogen-bond acceptors (Lipinski definition) is 6. The van der Waals surface area contributed by atoms with Gasteiger partial charge in [0.15, 0.2) is 0 Å². The second kappa shape index (κ2) is 11.8. The van der Waals surface area contributed by atoms with Gasteiger partial charge in [-0.15, -0.1) is 0 Å². The fourth-order valence-corrected chi connectivity index (χ4v) is 3.32. The predicted octanol–water partition coefficient (Wildman–Crippen LogP) is 0.189. The highest BCUT2D eigenvalue weighted by Crippen LogP contribution is 2.31. The SMILES string of the molecule is CCCCCCNC(=O)C(CCCO)C1O[C@H](CO)[C@@H](C)[C@H](O)[C@H]1O. The van der Waals surface area contributed by atoms with E-state index >= 15 is 0 Å². The molecule has 0 aromatic heterocycles. The summed E-state index contributed by atoms with van der Waals surface area (Å²) in [5.74, 6) is -1.34. The molecule has 1 rings (SSSR count). The fraction of sp³-hybridized carbons (Fsp3) is 0.944. The number of amides is 1. The zero-order chi connectivity index (χ0) is 18.8. The summed E-state index contributed by atoms with van der Waals surface area (Å²) in [6.45, 7) is 4.02. The molecule has 0 spiro atoms. The first-order chi connectivity index (χ1) is 12.0. The van der Waals surface area contributed by atoms with Crippen LogP contribution in [0, 0.1) is 11.8 Å². The van der Waals surface area contributed by atoms with Crippen LogP contribution < -0.4 is 5.32 Å². The van der Waals surface area contributed by atoms with Crippen molar-refractivity contribution in [2.75, 3.05) is 19.8 Å².